The van der Waals surface area contributed by atoms with Crippen LogP contribution in [0.1, 0.15) is 20.9 Å². The molecule has 5 nitrogen and oxygen atoms in total. The van der Waals surface area contributed by atoms with Crippen molar-refractivity contribution in [2.75, 3.05) is 12.4 Å². The fourth-order valence-electron chi connectivity index (χ4n) is 1.60. The number of hydrogen-bond acceptors (Lipinski definition) is 5. The van der Waals surface area contributed by atoms with Crippen LogP contribution in [-0.2, 0) is 0 Å². The zero-order chi connectivity index (χ0) is 14.0. The molecule has 0 aliphatic rings. The van der Waals surface area contributed by atoms with Gasteiger partial charge in [0.1, 0.15) is 11.3 Å². The number of hydrogen-bond donors (Lipinski definition) is 2. The van der Waals surface area contributed by atoms with E-state index in [0.717, 1.165) is 15.7 Å². The van der Waals surface area contributed by atoms with Crippen LogP contribution in [0.4, 0.5) is 10.8 Å². The second kappa shape index (κ2) is 5.27. The van der Waals surface area contributed by atoms with E-state index in [4.69, 9.17) is 9.84 Å². The lowest BCUT2D eigenvalue weighted by Gasteiger charge is -2.08. The molecule has 2 rings (SSSR count). The van der Waals surface area contributed by atoms with E-state index in [1.165, 1.54) is 24.5 Å². The number of carboxylic acid groups (broad SMARTS) is 1. The first-order chi connectivity index (χ1) is 9.01. The Labute approximate surface area is 114 Å². The molecule has 1 aromatic carbocycles. The standard InChI is InChI=1S/C13H14N2O3S/c1-7-8(2)19-13(14-7)15-9-4-5-11(18-3)10(6-9)12(16)17/h4-6H,1-3H3,(H,14,15)(H,16,17). The summed E-state index contributed by atoms with van der Waals surface area (Å²) in [5.41, 5.74) is 1.77. The highest BCUT2D eigenvalue weighted by molar-refractivity contribution is 7.15. The summed E-state index contributed by atoms with van der Waals surface area (Å²) in [4.78, 5) is 16.6. The van der Waals surface area contributed by atoms with Crippen molar-refractivity contribution in [2.24, 2.45) is 0 Å². The molecule has 0 aliphatic heterocycles. The van der Waals surface area contributed by atoms with E-state index >= 15 is 0 Å². The van der Waals surface area contributed by atoms with Crippen molar-refractivity contribution >= 4 is 28.1 Å². The lowest BCUT2D eigenvalue weighted by Crippen LogP contribution is -2.01. The maximum atomic E-state index is 11.1. The summed E-state index contributed by atoms with van der Waals surface area (Å²) in [6, 6.07) is 4.92. The number of nitrogens with zero attached hydrogens (tertiary/aromatic N) is 1. The summed E-state index contributed by atoms with van der Waals surface area (Å²) < 4.78 is 5.01. The van der Waals surface area contributed by atoms with Crippen LogP contribution in [0.3, 0.4) is 0 Å². The van der Waals surface area contributed by atoms with Crippen molar-refractivity contribution in [3.05, 3.63) is 34.3 Å². The van der Waals surface area contributed by atoms with Gasteiger partial charge in [0.05, 0.1) is 12.8 Å². The Morgan fingerprint density at radius 1 is 1.42 bits per heavy atom. The van der Waals surface area contributed by atoms with Crippen molar-refractivity contribution in [1.82, 2.24) is 4.98 Å². The topological polar surface area (TPSA) is 71.5 Å². The van der Waals surface area contributed by atoms with Crippen molar-refractivity contribution < 1.29 is 14.6 Å². The molecule has 0 spiro atoms. The van der Waals surface area contributed by atoms with Gasteiger partial charge in [-0.25, -0.2) is 9.78 Å². The van der Waals surface area contributed by atoms with Gasteiger partial charge >= 0.3 is 5.97 Å². The Morgan fingerprint density at radius 3 is 2.68 bits per heavy atom. The number of benzene rings is 1. The van der Waals surface area contributed by atoms with Gasteiger partial charge in [0.25, 0.3) is 0 Å². The number of thiazole rings is 1. The molecule has 0 unspecified atom stereocenters. The van der Waals surface area contributed by atoms with Gasteiger partial charge in [0, 0.05) is 10.6 Å². The number of carbonyl (C=O) groups is 1. The fraction of sp³-hybridized carbons (Fsp3) is 0.231. The molecule has 6 heteroatoms. The average Bonchev–Trinajstić information content (AvgIpc) is 2.68. The third-order valence-corrected chi connectivity index (χ3v) is 3.70. The Morgan fingerprint density at radius 2 is 2.16 bits per heavy atom. The predicted octanol–water partition coefficient (Wildman–Crippen LogP) is 3.21. The van der Waals surface area contributed by atoms with Crippen molar-refractivity contribution in [3.63, 3.8) is 0 Å². The highest BCUT2D eigenvalue weighted by Crippen LogP contribution is 2.28. The van der Waals surface area contributed by atoms with E-state index in [1.54, 1.807) is 12.1 Å². The number of ether oxygens (including phenoxy) is 1. The number of rotatable bonds is 4. The van der Waals surface area contributed by atoms with Gasteiger partial charge in [0.2, 0.25) is 0 Å². The van der Waals surface area contributed by atoms with Gasteiger partial charge in [-0.3, -0.25) is 0 Å². The quantitative estimate of drug-likeness (QED) is 0.898. The van der Waals surface area contributed by atoms with Gasteiger partial charge in [-0.1, -0.05) is 0 Å². The second-order valence-corrected chi connectivity index (χ2v) is 5.21. The summed E-state index contributed by atoms with van der Waals surface area (Å²) in [7, 11) is 1.45. The molecule has 0 atom stereocenters. The summed E-state index contributed by atoms with van der Waals surface area (Å²) in [5.74, 6) is -0.684. The molecule has 1 aromatic heterocycles. The van der Waals surface area contributed by atoms with Crippen LogP contribution >= 0.6 is 11.3 Å². The third-order valence-electron chi connectivity index (χ3n) is 2.71. The first kappa shape index (κ1) is 13.4. The molecule has 0 amide bonds. The van der Waals surface area contributed by atoms with E-state index in [2.05, 4.69) is 10.3 Å². The molecular formula is C13H14N2O3S. The van der Waals surface area contributed by atoms with Crippen LogP contribution < -0.4 is 10.1 Å². The molecule has 2 aromatic rings. The van der Waals surface area contributed by atoms with Crippen LogP contribution in [0.5, 0.6) is 5.75 Å². The highest BCUT2D eigenvalue weighted by atomic mass is 32.1. The number of aromatic nitrogens is 1. The third kappa shape index (κ3) is 2.85. The first-order valence-corrected chi connectivity index (χ1v) is 6.45. The van der Waals surface area contributed by atoms with Gasteiger partial charge in [-0.15, -0.1) is 11.3 Å². The molecule has 19 heavy (non-hydrogen) atoms. The smallest absolute Gasteiger partial charge is 0.339 e. The normalized spacial score (nSPS) is 10.3. The summed E-state index contributed by atoms with van der Waals surface area (Å²) in [6.07, 6.45) is 0. The number of carboxylic acids is 1. The van der Waals surface area contributed by atoms with E-state index in [0.29, 0.717) is 11.4 Å². The number of aryl methyl sites for hydroxylation is 2. The second-order valence-electron chi connectivity index (χ2n) is 4.01. The molecule has 1 heterocycles. The Bertz CT molecular complexity index is 603. The monoisotopic (exact) mass is 278 g/mol. The number of methoxy groups -OCH3 is 1. The van der Waals surface area contributed by atoms with Crippen molar-refractivity contribution in [3.8, 4) is 5.75 Å². The van der Waals surface area contributed by atoms with Gasteiger partial charge in [-0.2, -0.15) is 0 Å². The number of nitrogens with one attached hydrogen (secondary N) is 1. The van der Waals surface area contributed by atoms with E-state index < -0.39 is 5.97 Å². The van der Waals surface area contributed by atoms with Crippen LogP contribution in [0.2, 0.25) is 0 Å². The lowest BCUT2D eigenvalue weighted by atomic mass is 10.2. The molecule has 0 radical (unpaired) electrons. The molecule has 0 bridgehead atoms. The maximum Gasteiger partial charge on any atom is 0.339 e. The molecule has 0 saturated carbocycles. The Hall–Kier alpha value is -2.08. The summed E-state index contributed by atoms with van der Waals surface area (Å²) >= 11 is 1.53. The Kier molecular flexibility index (Phi) is 3.71. The Balaban J connectivity index is 2.30. The lowest BCUT2D eigenvalue weighted by molar-refractivity contribution is 0.0693. The zero-order valence-electron chi connectivity index (χ0n) is 10.9. The minimum absolute atomic E-state index is 0.123. The van der Waals surface area contributed by atoms with Crippen molar-refractivity contribution in [2.45, 2.75) is 13.8 Å². The SMILES string of the molecule is COc1ccc(Nc2nc(C)c(C)s2)cc1C(=O)O. The number of aromatic carboxylic acids is 1. The largest absolute Gasteiger partial charge is 0.496 e. The van der Waals surface area contributed by atoms with E-state index in [1.807, 2.05) is 13.8 Å². The highest BCUT2D eigenvalue weighted by Gasteiger charge is 2.12. The van der Waals surface area contributed by atoms with Gasteiger partial charge in [0.15, 0.2) is 5.13 Å². The first-order valence-electron chi connectivity index (χ1n) is 5.63. The zero-order valence-corrected chi connectivity index (χ0v) is 11.7. The van der Waals surface area contributed by atoms with E-state index in [-0.39, 0.29) is 5.56 Å². The van der Waals surface area contributed by atoms with Gasteiger partial charge in [-0.05, 0) is 32.0 Å². The minimum Gasteiger partial charge on any atom is -0.496 e. The molecule has 0 aliphatic carbocycles. The molecular weight excluding hydrogens is 264 g/mol. The fourth-order valence-corrected chi connectivity index (χ4v) is 2.44. The minimum atomic E-state index is -1.02. The molecule has 0 fully saturated rings. The average molecular weight is 278 g/mol. The number of anilines is 2. The maximum absolute atomic E-state index is 11.1. The van der Waals surface area contributed by atoms with Crippen molar-refractivity contribution in [1.29, 1.82) is 0 Å². The van der Waals surface area contributed by atoms with Gasteiger partial charge < -0.3 is 15.2 Å². The summed E-state index contributed by atoms with van der Waals surface area (Å²) in [5, 5.41) is 13.0. The van der Waals surface area contributed by atoms with Crippen LogP contribution in [0.25, 0.3) is 0 Å². The molecule has 2 N–H and O–H groups in total. The molecule has 0 saturated heterocycles. The van der Waals surface area contributed by atoms with E-state index in [9.17, 15) is 4.79 Å². The predicted molar refractivity (Wildman–Crippen MR) is 74.8 cm³/mol. The van der Waals surface area contributed by atoms with Crippen LogP contribution in [-0.4, -0.2) is 23.2 Å². The van der Waals surface area contributed by atoms with Crippen LogP contribution in [0.15, 0.2) is 18.2 Å². The van der Waals surface area contributed by atoms with Crippen LogP contribution in [0, 0.1) is 13.8 Å². The molecule has 100 valence electrons. The summed E-state index contributed by atoms with van der Waals surface area (Å²) in [6.45, 7) is 3.93.